The van der Waals surface area contributed by atoms with Crippen molar-refractivity contribution in [3.8, 4) is 0 Å². The van der Waals surface area contributed by atoms with E-state index in [1.807, 2.05) is 0 Å². The molecule has 2 saturated heterocycles. The Hall–Kier alpha value is -0.370. The first-order valence-corrected chi connectivity index (χ1v) is 5.89. The van der Waals surface area contributed by atoms with E-state index in [1.54, 1.807) is 0 Å². The third kappa shape index (κ3) is 1.50. The maximum atomic E-state index is 11.9. The number of carbonyl (C=O) groups excluding carboxylic acids is 1. The van der Waals surface area contributed by atoms with Crippen LogP contribution in [0.15, 0.2) is 0 Å². The quantitative estimate of drug-likeness (QED) is 0.589. The van der Waals surface area contributed by atoms with Gasteiger partial charge in [0.15, 0.2) is 0 Å². The number of hydrogen-bond acceptors (Lipinski definition) is 2. The summed E-state index contributed by atoms with van der Waals surface area (Å²) in [5.74, 6) is 1.70. The number of carbonyl (C=O) groups is 1. The van der Waals surface area contributed by atoms with Gasteiger partial charge in [-0.2, -0.15) is 0 Å². The lowest BCUT2D eigenvalue weighted by Crippen LogP contribution is -2.57. The van der Waals surface area contributed by atoms with Gasteiger partial charge in [-0.3, -0.25) is 9.69 Å². The largest absolute Gasteiger partial charge is 0.299 e. The monoisotopic (exact) mass is 195 g/mol. The fraction of sp³-hybridized carbons (Fsp3) is 0.917. The Balaban J connectivity index is 2.18. The van der Waals surface area contributed by atoms with Crippen molar-refractivity contribution in [3.05, 3.63) is 0 Å². The predicted molar refractivity (Wildman–Crippen MR) is 57.1 cm³/mol. The number of ketones is 1. The second kappa shape index (κ2) is 3.65. The number of fused-ring (bicyclic) bond motifs is 1. The van der Waals surface area contributed by atoms with Gasteiger partial charge in [0.2, 0.25) is 0 Å². The topological polar surface area (TPSA) is 20.3 Å². The van der Waals surface area contributed by atoms with Crippen LogP contribution < -0.4 is 0 Å². The van der Waals surface area contributed by atoms with E-state index in [-0.39, 0.29) is 11.8 Å². The highest BCUT2D eigenvalue weighted by Gasteiger charge is 2.41. The number of piperidine rings is 2. The van der Waals surface area contributed by atoms with E-state index in [0.717, 1.165) is 6.54 Å². The van der Waals surface area contributed by atoms with Gasteiger partial charge in [0.05, 0.1) is 0 Å². The third-order valence-corrected chi connectivity index (χ3v) is 4.06. The first-order chi connectivity index (χ1) is 6.61. The zero-order chi connectivity index (χ0) is 10.3. The molecular formula is C12H21NO. The van der Waals surface area contributed by atoms with Gasteiger partial charge in [-0.1, -0.05) is 20.8 Å². The van der Waals surface area contributed by atoms with Gasteiger partial charge < -0.3 is 0 Å². The Labute approximate surface area is 86.7 Å². The summed E-state index contributed by atoms with van der Waals surface area (Å²) in [6.07, 6.45) is 2.61. The predicted octanol–water partition coefficient (Wildman–Crippen LogP) is 1.94. The van der Waals surface area contributed by atoms with Gasteiger partial charge in [0.25, 0.3) is 0 Å². The summed E-state index contributed by atoms with van der Waals surface area (Å²) in [6, 6.07) is 0.535. The van der Waals surface area contributed by atoms with Crippen LogP contribution in [0, 0.1) is 17.8 Å². The molecule has 2 aliphatic heterocycles. The molecule has 2 nitrogen and oxygen atoms in total. The zero-order valence-electron chi connectivity index (χ0n) is 9.49. The fourth-order valence-corrected chi connectivity index (χ4v) is 3.38. The lowest BCUT2D eigenvalue weighted by atomic mass is 9.75. The minimum Gasteiger partial charge on any atom is -0.299 e. The molecule has 2 aliphatic rings. The molecule has 4 atom stereocenters. The highest BCUT2D eigenvalue weighted by Crippen LogP contribution is 2.34. The van der Waals surface area contributed by atoms with Gasteiger partial charge >= 0.3 is 0 Å². The van der Waals surface area contributed by atoms with Gasteiger partial charge in [-0.25, -0.2) is 0 Å². The van der Waals surface area contributed by atoms with Crippen molar-refractivity contribution in [2.75, 3.05) is 13.1 Å². The first-order valence-electron chi connectivity index (χ1n) is 5.89. The molecule has 0 saturated carbocycles. The average molecular weight is 195 g/mol. The van der Waals surface area contributed by atoms with Crippen LogP contribution in [-0.4, -0.2) is 29.8 Å². The van der Waals surface area contributed by atoms with Crippen LogP contribution in [0.25, 0.3) is 0 Å². The summed E-state index contributed by atoms with van der Waals surface area (Å²) in [4.78, 5) is 14.4. The Morgan fingerprint density at radius 1 is 1.29 bits per heavy atom. The normalized spacial score (nSPS) is 44.9. The molecule has 2 heterocycles. The molecule has 2 rings (SSSR count). The highest BCUT2D eigenvalue weighted by atomic mass is 16.1. The first kappa shape index (κ1) is 10.2. The molecule has 2 fully saturated rings. The maximum Gasteiger partial charge on any atom is 0.141 e. The minimum absolute atomic E-state index is 0.256. The van der Waals surface area contributed by atoms with E-state index in [4.69, 9.17) is 0 Å². The van der Waals surface area contributed by atoms with Crippen molar-refractivity contribution >= 4 is 5.78 Å². The van der Waals surface area contributed by atoms with E-state index >= 15 is 0 Å². The van der Waals surface area contributed by atoms with Crippen molar-refractivity contribution in [1.29, 1.82) is 0 Å². The van der Waals surface area contributed by atoms with Gasteiger partial charge in [-0.05, 0) is 25.3 Å². The maximum absolute atomic E-state index is 11.9. The second-order valence-corrected chi connectivity index (χ2v) is 5.20. The van der Waals surface area contributed by atoms with E-state index in [9.17, 15) is 4.79 Å². The summed E-state index contributed by atoms with van der Waals surface area (Å²) < 4.78 is 0. The molecule has 0 aromatic rings. The molecule has 0 spiro atoms. The molecule has 2 heteroatoms. The molecule has 0 unspecified atom stereocenters. The molecular weight excluding hydrogens is 174 g/mol. The van der Waals surface area contributed by atoms with E-state index in [0.29, 0.717) is 17.7 Å². The standard InChI is InChI=1S/C12H21NO/c1-8-5-4-6-13-7-9(2)12(14)10(3)11(8)13/h8-11H,4-7H2,1-3H3/t8-,9-,10+,11+/m1/s1. The van der Waals surface area contributed by atoms with Crippen LogP contribution in [0.2, 0.25) is 0 Å². The van der Waals surface area contributed by atoms with E-state index in [2.05, 4.69) is 25.7 Å². The SMILES string of the molecule is C[C@@H]1CN2CCC[C@@H](C)[C@H]2[C@H](C)C1=O. The third-order valence-electron chi connectivity index (χ3n) is 4.06. The summed E-state index contributed by atoms with van der Waals surface area (Å²) in [6.45, 7) is 8.71. The second-order valence-electron chi connectivity index (χ2n) is 5.20. The smallest absolute Gasteiger partial charge is 0.141 e. The molecule has 0 aliphatic carbocycles. The summed E-state index contributed by atoms with van der Waals surface area (Å²) in [5, 5.41) is 0. The molecule has 0 radical (unpaired) electrons. The van der Waals surface area contributed by atoms with Crippen LogP contribution >= 0.6 is 0 Å². The number of hydrogen-bond donors (Lipinski definition) is 0. The van der Waals surface area contributed by atoms with Crippen LogP contribution in [0.4, 0.5) is 0 Å². The van der Waals surface area contributed by atoms with Crippen molar-refractivity contribution < 1.29 is 4.79 Å². The van der Waals surface area contributed by atoms with Crippen LogP contribution in [0.3, 0.4) is 0 Å². The lowest BCUT2D eigenvalue weighted by molar-refractivity contribution is -0.136. The molecule has 80 valence electrons. The van der Waals surface area contributed by atoms with Crippen LogP contribution in [0.5, 0.6) is 0 Å². The number of rotatable bonds is 0. The van der Waals surface area contributed by atoms with Crippen molar-refractivity contribution in [2.24, 2.45) is 17.8 Å². The lowest BCUT2D eigenvalue weighted by Gasteiger charge is -2.47. The number of Topliss-reactive ketones (excluding diaryl/α,β-unsaturated/α-hetero) is 1. The molecule has 0 aromatic heterocycles. The fourth-order valence-electron chi connectivity index (χ4n) is 3.38. The van der Waals surface area contributed by atoms with E-state index in [1.165, 1.54) is 19.4 Å². The highest BCUT2D eigenvalue weighted by molar-refractivity contribution is 5.84. The van der Waals surface area contributed by atoms with Gasteiger partial charge in [-0.15, -0.1) is 0 Å². The molecule has 0 amide bonds. The minimum atomic E-state index is 0.256. The Bertz CT molecular complexity index is 238. The van der Waals surface area contributed by atoms with Gasteiger partial charge in [0, 0.05) is 24.4 Å². The van der Waals surface area contributed by atoms with E-state index < -0.39 is 0 Å². The Morgan fingerprint density at radius 3 is 2.71 bits per heavy atom. The molecule has 0 N–H and O–H groups in total. The van der Waals surface area contributed by atoms with Crippen LogP contribution in [-0.2, 0) is 4.79 Å². The average Bonchev–Trinajstić information content (AvgIpc) is 2.14. The van der Waals surface area contributed by atoms with Gasteiger partial charge in [0.1, 0.15) is 5.78 Å². The van der Waals surface area contributed by atoms with Crippen molar-refractivity contribution in [1.82, 2.24) is 4.90 Å². The van der Waals surface area contributed by atoms with Crippen molar-refractivity contribution in [2.45, 2.75) is 39.7 Å². The van der Waals surface area contributed by atoms with Crippen LogP contribution in [0.1, 0.15) is 33.6 Å². The Kier molecular flexibility index (Phi) is 2.65. The molecule has 14 heavy (non-hydrogen) atoms. The summed E-state index contributed by atoms with van der Waals surface area (Å²) >= 11 is 0. The van der Waals surface area contributed by atoms with Crippen molar-refractivity contribution in [3.63, 3.8) is 0 Å². The Morgan fingerprint density at radius 2 is 2.00 bits per heavy atom. The molecule has 0 bridgehead atoms. The number of nitrogens with zero attached hydrogens (tertiary/aromatic N) is 1. The molecule has 0 aromatic carbocycles. The summed E-state index contributed by atoms with van der Waals surface area (Å²) in [5.41, 5.74) is 0. The summed E-state index contributed by atoms with van der Waals surface area (Å²) in [7, 11) is 0. The zero-order valence-corrected chi connectivity index (χ0v) is 9.49.